The molecular formula is C6H13NOS. The molecule has 0 aromatic heterocycles. The van der Waals surface area contributed by atoms with E-state index in [1.807, 2.05) is 0 Å². The highest BCUT2D eigenvalue weighted by Gasteiger charge is 2.21. The molecule has 0 aromatic rings. The highest BCUT2D eigenvalue weighted by Crippen LogP contribution is 2.09. The monoisotopic (exact) mass is 147 g/mol. The molecule has 0 spiro atoms. The third-order valence-electron chi connectivity index (χ3n) is 1.74. The van der Waals surface area contributed by atoms with E-state index in [4.69, 9.17) is 4.74 Å². The lowest BCUT2D eigenvalue weighted by molar-refractivity contribution is 0.118. The average Bonchev–Trinajstić information content (AvgIpc) is 2.34. The quantitative estimate of drug-likeness (QED) is 0.548. The smallest absolute Gasteiger partial charge is 0.0710 e. The van der Waals surface area contributed by atoms with E-state index in [0.717, 1.165) is 18.7 Å². The highest BCUT2D eigenvalue weighted by molar-refractivity contribution is 7.80. The van der Waals surface area contributed by atoms with Gasteiger partial charge in [0.15, 0.2) is 0 Å². The van der Waals surface area contributed by atoms with E-state index in [-0.39, 0.29) is 0 Å². The molecule has 1 rings (SSSR count). The van der Waals surface area contributed by atoms with Gasteiger partial charge in [-0.25, -0.2) is 0 Å². The van der Waals surface area contributed by atoms with Gasteiger partial charge in [-0.2, -0.15) is 12.6 Å². The highest BCUT2D eigenvalue weighted by atomic mass is 32.1. The fourth-order valence-electron chi connectivity index (χ4n) is 1.10. The molecule has 1 aliphatic heterocycles. The van der Waals surface area contributed by atoms with Gasteiger partial charge in [0.25, 0.3) is 0 Å². The summed E-state index contributed by atoms with van der Waals surface area (Å²) in [6.07, 6.45) is 1.53. The van der Waals surface area contributed by atoms with Crippen LogP contribution in [0.2, 0.25) is 0 Å². The lowest BCUT2D eigenvalue weighted by Crippen LogP contribution is -2.22. The Balaban J connectivity index is 2.20. The molecule has 0 saturated carbocycles. The molecule has 1 fully saturated rings. The molecule has 0 aliphatic carbocycles. The van der Waals surface area contributed by atoms with E-state index in [9.17, 15) is 0 Å². The molecule has 0 radical (unpaired) electrons. The van der Waals surface area contributed by atoms with Crippen LogP contribution in [-0.2, 0) is 4.74 Å². The van der Waals surface area contributed by atoms with Crippen molar-refractivity contribution in [3.8, 4) is 0 Å². The Hall–Kier alpha value is 0.270. The normalized spacial score (nSPS) is 35.3. The molecule has 0 amide bonds. The first-order chi connectivity index (χ1) is 4.36. The molecule has 1 saturated heterocycles. The van der Waals surface area contributed by atoms with Crippen LogP contribution in [0.3, 0.4) is 0 Å². The Labute approximate surface area is 61.4 Å². The largest absolute Gasteiger partial charge is 0.380 e. The van der Waals surface area contributed by atoms with Crippen LogP contribution in [0.4, 0.5) is 0 Å². The molecule has 54 valence electrons. The summed E-state index contributed by atoms with van der Waals surface area (Å²) < 4.78 is 5.15. The van der Waals surface area contributed by atoms with Crippen molar-refractivity contribution in [1.82, 2.24) is 5.32 Å². The zero-order valence-electron chi connectivity index (χ0n) is 5.63. The van der Waals surface area contributed by atoms with Crippen LogP contribution >= 0.6 is 12.6 Å². The summed E-state index contributed by atoms with van der Waals surface area (Å²) >= 11 is 4.18. The van der Waals surface area contributed by atoms with Crippen molar-refractivity contribution >= 4 is 12.6 Å². The zero-order chi connectivity index (χ0) is 6.69. The maximum absolute atomic E-state index is 5.15. The average molecular weight is 147 g/mol. The van der Waals surface area contributed by atoms with E-state index >= 15 is 0 Å². The number of rotatable bonds is 2. The molecule has 0 aromatic carbocycles. The van der Waals surface area contributed by atoms with Crippen LogP contribution in [0.25, 0.3) is 0 Å². The molecule has 2 nitrogen and oxygen atoms in total. The molecular weight excluding hydrogens is 134 g/mol. The number of ether oxygens (including phenoxy) is 1. The lowest BCUT2D eigenvalue weighted by atomic mass is 10.2. The van der Waals surface area contributed by atoms with Gasteiger partial charge in [0.05, 0.1) is 6.10 Å². The van der Waals surface area contributed by atoms with E-state index in [2.05, 4.69) is 17.9 Å². The van der Waals surface area contributed by atoms with Gasteiger partial charge in [-0.05, 0) is 6.42 Å². The van der Waals surface area contributed by atoms with Gasteiger partial charge in [0, 0.05) is 25.4 Å². The SMILES string of the molecule is CO[C@H]1CN[C@@H](CS)C1. The topological polar surface area (TPSA) is 21.3 Å². The van der Waals surface area contributed by atoms with Crippen molar-refractivity contribution in [3.05, 3.63) is 0 Å². The molecule has 9 heavy (non-hydrogen) atoms. The molecule has 1 heterocycles. The Morgan fingerprint density at radius 2 is 2.56 bits per heavy atom. The Morgan fingerprint density at radius 3 is 2.89 bits per heavy atom. The summed E-state index contributed by atoms with van der Waals surface area (Å²) in [4.78, 5) is 0. The van der Waals surface area contributed by atoms with Gasteiger partial charge in [0.2, 0.25) is 0 Å². The fraction of sp³-hybridized carbons (Fsp3) is 1.00. The standard InChI is InChI=1S/C6H13NOS/c1-8-6-2-5(4-9)7-3-6/h5-7,9H,2-4H2,1H3/t5-,6-/m1/s1. The fourth-order valence-corrected chi connectivity index (χ4v) is 1.38. The van der Waals surface area contributed by atoms with E-state index in [1.165, 1.54) is 0 Å². The van der Waals surface area contributed by atoms with Gasteiger partial charge in [-0.1, -0.05) is 0 Å². The van der Waals surface area contributed by atoms with Crippen molar-refractivity contribution in [2.75, 3.05) is 19.4 Å². The first-order valence-electron chi connectivity index (χ1n) is 3.24. The molecule has 1 aliphatic rings. The number of hydrogen-bond donors (Lipinski definition) is 2. The Bertz CT molecular complexity index is 79.1. The first-order valence-corrected chi connectivity index (χ1v) is 3.87. The van der Waals surface area contributed by atoms with Gasteiger partial charge in [-0.3, -0.25) is 0 Å². The minimum atomic E-state index is 0.419. The number of hydrogen-bond acceptors (Lipinski definition) is 3. The summed E-state index contributed by atoms with van der Waals surface area (Å²) in [6.45, 7) is 0.988. The number of methoxy groups -OCH3 is 1. The van der Waals surface area contributed by atoms with Crippen molar-refractivity contribution < 1.29 is 4.74 Å². The van der Waals surface area contributed by atoms with Crippen molar-refractivity contribution in [3.63, 3.8) is 0 Å². The number of thiol groups is 1. The minimum Gasteiger partial charge on any atom is -0.380 e. The van der Waals surface area contributed by atoms with E-state index in [0.29, 0.717) is 12.1 Å². The van der Waals surface area contributed by atoms with Crippen LogP contribution in [0, 0.1) is 0 Å². The van der Waals surface area contributed by atoms with Crippen LogP contribution in [0.5, 0.6) is 0 Å². The van der Waals surface area contributed by atoms with E-state index < -0.39 is 0 Å². The van der Waals surface area contributed by atoms with Crippen molar-refractivity contribution in [2.24, 2.45) is 0 Å². The van der Waals surface area contributed by atoms with E-state index in [1.54, 1.807) is 7.11 Å². The molecule has 3 heteroatoms. The Morgan fingerprint density at radius 1 is 1.78 bits per heavy atom. The minimum absolute atomic E-state index is 0.419. The predicted molar refractivity (Wildman–Crippen MR) is 41.1 cm³/mol. The summed E-state index contributed by atoms with van der Waals surface area (Å²) in [5.74, 6) is 0.917. The predicted octanol–water partition coefficient (Wildman–Crippen LogP) is 0.293. The zero-order valence-corrected chi connectivity index (χ0v) is 6.53. The molecule has 2 atom stereocenters. The second-order valence-electron chi connectivity index (χ2n) is 2.38. The summed E-state index contributed by atoms with van der Waals surface area (Å²) in [5.41, 5.74) is 0. The first kappa shape index (κ1) is 7.38. The molecule has 1 N–H and O–H groups in total. The van der Waals surface area contributed by atoms with Crippen LogP contribution in [0.15, 0.2) is 0 Å². The lowest BCUT2D eigenvalue weighted by Gasteiger charge is -2.04. The van der Waals surface area contributed by atoms with Crippen LogP contribution < -0.4 is 5.32 Å². The van der Waals surface area contributed by atoms with Gasteiger partial charge in [-0.15, -0.1) is 0 Å². The van der Waals surface area contributed by atoms with Crippen molar-refractivity contribution in [1.29, 1.82) is 0 Å². The van der Waals surface area contributed by atoms with Gasteiger partial charge in [0.1, 0.15) is 0 Å². The maximum Gasteiger partial charge on any atom is 0.0710 e. The van der Waals surface area contributed by atoms with Crippen LogP contribution in [-0.4, -0.2) is 31.6 Å². The maximum atomic E-state index is 5.15. The van der Waals surface area contributed by atoms with Gasteiger partial charge < -0.3 is 10.1 Å². The Kier molecular flexibility index (Phi) is 2.82. The van der Waals surface area contributed by atoms with Crippen molar-refractivity contribution in [2.45, 2.75) is 18.6 Å². The third kappa shape index (κ3) is 1.85. The van der Waals surface area contributed by atoms with Crippen LogP contribution in [0.1, 0.15) is 6.42 Å². The molecule has 0 unspecified atom stereocenters. The molecule has 0 bridgehead atoms. The summed E-state index contributed by atoms with van der Waals surface area (Å²) in [6, 6.07) is 0.568. The third-order valence-corrected chi connectivity index (χ3v) is 2.18. The summed E-state index contributed by atoms with van der Waals surface area (Å²) in [5, 5.41) is 3.31. The second kappa shape index (κ2) is 3.44. The second-order valence-corrected chi connectivity index (χ2v) is 2.75. The summed E-state index contributed by atoms with van der Waals surface area (Å²) in [7, 11) is 1.76. The number of nitrogens with one attached hydrogen (secondary N) is 1. The van der Waals surface area contributed by atoms with Gasteiger partial charge >= 0.3 is 0 Å².